The minimum atomic E-state index is 0.698. The molecule has 0 aliphatic carbocycles. The van der Waals surface area contributed by atoms with Crippen LogP contribution in [0.15, 0.2) is 140 Å². The molecule has 8 rings (SSSR count). The van der Waals surface area contributed by atoms with E-state index in [2.05, 4.69) is 97.1 Å². The molecule has 0 radical (unpaired) electrons. The summed E-state index contributed by atoms with van der Waals surface area (Å²) >= 11 is 1.81. The lowest BCUT2D eigenvalue weighted by molar-refractivity contribution is 1.19. The normalized spacial score (nSPS) is 11.4. The third kappa shape index (κ3) is 4.08. The van der Waals surface area contributed by atoms with E-state index < -0.39 is 0 Å². The topological polar surface area (TPSA) is 38.7 Å². The van der Waals surface area contributed by atoms with E-state index in [1.165, 1.54) is 20.2 Å². The summed E-state index contributed by atoms with van der Waals surface area (Å²) in [6.45, 7) is 0. The fraction of sp³-hybridized carbons (Fsp3) is 0. The van der Waals surface area contributed by atoms with Crippen LogP contribution in [0.4, 0.5) is 0 Å². The molecule has 192 valence electrons. The van der Waals surface area contributed by atoms with Crippen molar-refractivity contribution in [2.75, 3.05) is 0 Å². The average Bonchev–Trinajstić information content (AvgIpc) is 3.45. The van der Waals surface area contributed by atoms with E-state index in [0.29, 0.717) is 5.82 Å². The number of nitrogens with zero attached hydrogens (tertiary/aromatic N) is 3. The molecule has 0 N–H and O–H groups in total. The summed E-state index contributed by atoms with van der Waals surface area (Å²) in [5.41, 5.74) is 7.96. The summed E-state index contributed by atoms with van der Waals surface area (Å²) in [6, 6.07) is 48.1. The number of benzene rings is 5. The highest BCUT2D eigenvalue weighted by molar-refractivity contribution is 7.26. The maximum atomic E-state index is 5.29. The highest BCUT2D eigenvalue weighted by Gasteiger charge is 2.20. The molecule has 3 aromatic heterocycles. The van der Waals surface area contributed by atoms with Crippen molar-refractivity contribution in [1.29, 1.82) is 0 Å². The first-order chi connectivity index (χ1) is 20.3. The number of rotatable bonds is 4. The molecule has 0 amide bonds. The van der Waals surface area contributed by atoms with Gasteiger partial charge >= 0.3 is 0 Å². The highest BCUT2D eigenvalue weighted by Crippen LogP contribution is 2.45. The quantitative estimate of drug-likeness (QED) is 0.222. The van der Waals surface area contributed by atoms with Crippen molar-refractivity contribution < 1.29 is 0 Å². The van der Waals surface area contributed by atoms with Gasteiger partial charge in [-0.3, -0.25) is 0 Å². The summed E-state index contributed by atoms with van der Waals surface area (Å²) in [6.07, 6.45) is 0. The summed E-state index contributed by atoms with van der Waals surface area (Å²) in [4.78, 5) is 15.6. The second kappa shape index (κ2) is 9.77. The van der Waals surface area contributed by atoms with Gasteiger partial charge in [0.15, 0.2) is 5.82 Å². The fourth-order valence-corrected chi connectivity index (χ4v) is 6.85. The molecule has 3 heterocycles. The standard InChI is InChI=1S/C37H23N3S/c1-4-13-24(14-5-1)30-23-31(25-15-6-2-7-16-25)40-37(39-30)28-20-12-21-29-33(28)36-34(27-19-10-11-22-32(27)41-36)35(38-29)26-17-8-3-9-18-26/h1-23H. The van der Waals surface area contributed by atoms with Gasteiger partial charge in [-0.25, -0.2) is 15.0 Å². The second-order valence-corrected chi connectivity index (χ2v) is 11.1. The highest BCUT2D eigenvalue weighted by atomic mass is 32.1. The number of fused-ring (bicyclic) bond motifs is 5. The number of aromatic nitrogens is 3. The van der Waals surface area contributed by atoms with E-state index in [0.717, 1.165) is 50.2 Å². The first kappa shape index (κ1) is 23.7. The van der Waals surface area contributed by atoms with Crippen LogP contribution in [0.2, 0.25) is 0 Å². The fourth-order valence-electron chi connectivity index (χ4n) is 5.58. The van der Waals surface area contributed by atoms with Crippen molar-refractivity contribution in [3.05, 3.63) is 140 Å². The number of hydrogen-bond donors (Lipinski definition) is 0. The van der Waals surface area contributed by atoms with E-state index in [4.69, 9.17) is 15.0 Å². The molecular formula is C37H23N3S. The molecule has 3 nitrogen and oxygen atoms in total. The van der Waals surface area contributed by atoms with Gasteiger partial charge in [0, 0.05) is 47.8 Å². The molecule has 0 fully saturated rings. The Labute approximate surface area is 241 Å². The van der Waals surface area contributed by atoms with Crippen LogP contribution in [0.1, 0.15) is 0 Å². The largest absolute Gasteiger partial charge is 0.247 e. The Kier molecular flexibility index (Phi) is 5.64. The Morgan fingerprint density at radius 1 is 0.463 bits per heavy atom. The van der Waals surface area contributed by atoms with Gasteiger partial charge in [0.05, 0.1) is 22.6 Å². The smallest absolute Gasteiger partial charge is 0.161 e. The van der Waals surface area contributed by atoms with E-state index in [1.807, 2.05) is 53.8 Å². The monoisotopic (exact) mass is 541 g/mol. The Morgan fingerprint density at radius 2 is 1.05 bits per heavy atom. The Hall–Kier alpha value is -5.19. The number of thiophene rings is 1. The number of pyridine rings is 1. The third-order valence-electron chi connectivity index (χ3n) is 7.49. The van der Waals surface area contributed by atoms with Crippen LogP contribution in [0.25, 0.3) is 76.2 Å². The predicted molar refractivity (Wildman–Crippen MR) is 172 cm³/mol. The lowest BCUT2D eigenvalue weighted by Gasteiger charge is -2.13. The van der Waals surface area contributed by atoms with Crippen LogP contribution < -0.4 is 0 Å². The van der Waals surface area contributed by atoms with Crippen molar-refractivity contribution in [3.8, 4) is 45.2 Å². The molecule has 4 heteroatoms. The van der Waals surface area contributed by atoms with Crippen molar-refractivity contribution in [3.63, 3.8) is 0 Å². The van der Waals surface area contributed by atoms with Gasteiger partial charge in [0.1, 0.15) is 0 Å². The van der Waals surface area contributed by atoms with E-state index >= 15 is 0 Å². The zero-order valence-corrected chi connectivity index (χ0v) is 22.8. The Morgan fingerprint density at radius 3 is 1.71 bits per heavy atom. The van der Waals surface area contributed by atoms with Crippen LogP contribution in [0.3, 0.4) is 0 Å². The van der Waals surface area contributed by atoms with Gasteiger partial charge in [0.2, 0.25) is 0 Å². The van der Waals surface area contributed by atoms with Crippen LogP contribution in [0, 0.1) is 0 Å². The molecule has 0 aliphatic rings. The van der Waals surface area contributed by atoms with Crippen molar-refractivity contribution in [2.45, 2.75) is 0 Å². The van der Waals surface area contributed by atoms with E-state index in [-0.39, 0.29) is 0 Å². The third-order valence-corrected chi connectivity index (χ3v) is 8.68. The molecule has 0 aliphatic heterocycles. The Bertz CT molecular complexity index is 2130. The summed E-state index contributed by atoms with van der Waals surface area (Å²) in [5, 5.41) is 3.49. The van der Waals surface area contributed by atoms with Gasteiger partial charge in [-0.05, 0) is 18.2 Å². The first-order valence-electron chi connectivity index (χ1n) is 13.6. The maximum Gasteiger partial charge on any atom is 0.161 e. The first-order valence-corrected chi connectivity index (χ1v) is 14.4. The molecule has 0 unspecified atom stereocenters. The summed E-state index contributed by atoms with van der Waals surface area (Å²) in [7, 11) is 0. The molecule has 0 bridgehead atoms. The van der Waals surface area contributed by atoms with Gasteiger partial charge < -0.3 is 0 Å². The zero-order valence-electron chi connectivity index (χ0n) is 22.0. The average molecular weight is 542 g/mol. The minimum Gasteiger partial charge on any atom is -0.247 e. The van der Waals surface area contributed by atoms with Crippen molar-refractivity contribution in [2.24, 2.45) is 0 Å². The van der Waals surface area contributed by atoms with Crippen LogP contribution in [-0.4, -0.2) is 15.0 Å². The van der Waals surface area contributed by atoms with Crippen LogP contribution >= 0.6 is 11.3 Å². The summed E-state index contributed by atoms with van der Waals surface area (Å²) in [5.74, 6) is 0.698. The summed E-state index contributed by atoms with van der Waals surface area (Å²) < 4.78 is 2.45. The molecule has 8 aromatic rings. The molecule has 41 heavy (non-hydrogen) atoms. The van der Waals surface area contributed by atoms with Gasteiger partial charge in [-0.2, -0.15) is 0 Å². The minimum absolute atomic E-state index is 0.698. The lowest BCUT2D eigenvalue weighted by Crippen LogP contribution is -1.97. The SMILES string of the molecule is c1ccc(-c2cc(-c3ccccc3)nc(-c3cccc4nc(-c5ccccc5)c5c6ccccc6sc5c34)n2)cc1. The van der Waals surface area contributed by atoms with Gasteiger partial charge in [-0.15, -0.1) is 11.3 Å². The van der Waals surface area contributed by atoms with E-state index in [9.17, 15) is 0 Å². The van der Waals surface area contributed by atoms with Crippen molar-refractivity contribution >= 4 is 42.4 Å². The predicted octanol–water partition coefficient (Wildman–Crippen LogP) is 10.1. The molecule has 0 atom stereocenters. The molecule has 5 aromatic carbocycles. The Balaban J connectivity index is 1.47. The van der Waals surface area contributed by atoms with Crippen LogP contribution in [0.5, 0.6) is 0 Å². The van der Waals surface area contributed by atoms with Crippen LogP contribution in [-0.2, 0) is 0 Å². The zero-order chi connectivity index (χ0) is 27.2. The lowest BCUT2D eigenvalue weighted by atomic mass is 9.99. The van der Waals surface area contributed by atoms with Gasteiger partial charge in [0.25, 0.3) is 0 Å². The molecule has 0 spiro atoms. The van der Waals surface area contributed by atoms with Gasteiger partial charge in [-0.1, -0.05) is 121 Å². The number of hydrogen-bond acceptors (Lipinski definition) is 4. The van der Waals surface area contributed by atoms with E-state index in [1.54, 1.807) is 0 Å². The maximum absolute atomic E-state index is 5.29. The molecular weight excluding hydrogens is 518 g/mol. The second-order valence-electron chi connectivity index (χ2n) is 10.0. The molecule has 0 saturated carbocycles. The molecule has 0 saturated heterocycles. The van der Waals surface area contributed by atoms with Crippen molar-refractivity contribution in [1.82, 2.24) is 15.0 Å².